The van der Waals surface area contributed by atoms with Crippen molar-refractivity contribution in [1.29, 1.82) is 0 Å². The van der Waals surface area contributed by atoms with Crippen molar-refractivity contribution in [3.05, 3.63) is 70.7 Å². The number of carbonyl (C=O) groups is 2. The fourth-order valence-corrected chi connectivity index (χ4v) is 3.09. The highest BCUT2D eigenvalue weighted by molar-refractivity contribution is 6.30. The lowest BCUT2D eigenvalue weighted by Gasteiger charge is -2.12. The highest BCUT2D eigenvalue weighted by Crippen LogP contribution is 2.22. The standard InChI is InChI=1S/C24H27ClN6O2/c1-16-3-5-19(6-4-16)24(33)29-14-13-28-22-15-21(27-12-11-26-17(2)32)30-23(31-22)18-7-9-20(25)10-8-18/h3-10,15H,11-14H2,1-2H3,(H,26,32)(H,29,33)(H2,27,28,30,31). The average Bonchev–Trinajstić information content (AvgIpc) is 2.80. The smallest absolute Gasteiger partial charge is 0.251 e. The Bertz CT molecular complexity index is 1090. The molecule has 2 aromatic carbocycles. The van der Waals surface area contributed by atoms with Gasteiger partial charge in [-0.25, -0.2) is 9.97 Å². The monoisotopic (exact) mass is 466 g/mol. The molecule has 0 aliphatic rings. The second-order valence-corrected chi connectivity index (χ2v) is 7.86. The number of amides is 2. The predicted molar refractivity (Wildman–Crippen MR) is 132 cm³/mol. The van der Waals surface area contributed by atoms with Crippen molar-refractivity contribution >= 4 is 35.1 Å². The van der Waals surface area contributed by atoms with Crippen LogP contribution < -0.4 is 21.3 Å². The largest absolute Gasteiger partial charge is 0.368 e. The first-order valence-corrected chi connectivity index (χ1v) is 11.0. The number of hydrogen-bond donors (Lipinski definition) is 4. The predicted octanol–water partition coefficient (Wildman–Crippen LogP) is 3.50. The van der Waals surface area contributed by atoms with Gasteiger partial charge in [0, 0.05) is 55.3 Å². The Labute approximate surface area is 198 Å². The summed E-state index contributed by atoms with van der Waals surface area (Å²) in [6.45, 7) is 5.36. The molecule has 0 aliphatic heterocycles. The molecule has 8 nitrogen and oxygen atoms in total. The van der Waals surface area contributed by atoms with Crippen LogP contribution in [-0.4, -0.2) is 48.0 Å². The number of benzene rings is 2. The second kappa shape index (κ2) is 11.8. The van der Waals surface area contributed by atoms with Crippen LogP contribution in [0.2, 0.25) is 5.02 Å². The van der Waals surface area contributed by atoms with Gasteiger partial charge in [0.05, 0.1) is 0 Å². The Morgan fingerprint density at radius 2 is 1.39 bits per heavy atom. The van der Waals surface area contributed by atoms with Crippen LogP contribution in [0, 0.1) is 6.92 Å². The third-order valence-electron chi connectivity index (χ3n) is 4.66. The summed E-state index contributed by atoms with van der Waals surface area (Å²) in [5, 5.41) is 12.7. The van der Waals surface area contributed by atoms with Gasteiger partial charge < -0.3 is 21.3 Å². The number of rotatable bonds is 10. The van der Waals surface area contributed by atoms with Crippen LogP contribution in [0.4, 0.5) is 11.6 Å². The summed E-state index contributed by atoms with van der Waals surface area (Å²) in [4.78, 5) is 32.5. The first-order valence-electron chi connectivity index (χ1n) is 10.6. The molecule has 9 heteroatoms. The molecular weight excluding hydrogens is 440 g/mol. The Morgan fingerprint density at radius 1 is 0.818 bits per heavy atom. The quantitative estimate of drug-likeness (QED) is 0.341. The number of nitrogens with one attached hydrogen (secondary N) is 4. The third kappa shape index (κ3) is 7.76. The van der Waals surface area contributed by atoms with E-state index in [1.165, 1.54) is 6.92 Å². The molecule has 3 rings (SSSR count). The molecule has 0 fully saturated rings. The van der Waals surface area contributed by atoms with E-state index >= 15 is 0 Å². The fraction of sp³-hybridized carbons (Fsp3) is 0.250. The summed E-state index contributed by atoms with van der Waals surface area (Å²) >= 11 is 6.00. The van der Waals surface area contributed by atoms with E-state index in [1.54, 1.807) is 30.3 Å². The maximum Gasteiger partial charge on any atom is 0.251 e. The Kier molecular flexibility index (Phi) is 8.60. The van der Waals surface area contributed by atoms with E-state index in [0.717, 1.165) is 11.1 Å². The molecule has 1 heterocycles. The van der Waals surface area contributed by atoms with Crippen molar-refractivity contribution in [3.63, 3.8) is 0 Å². The summed E-state index contributed by atoms with van der Waals surface area (Å²) in [5.74, 6) is 1.55. The van der Waals surface area contributed by atoms with Crippen molar-refractivity contribution in [1.82, 2.24) is 20.6 Å². The van der Waals surface area contributed by atoms with Gasteiger partial charge in [-0.05, 0) is 43.3 Å². The van der Waals surface area contributed by atoms with Gasteiger partial charge in [-0.15, -0.1) is 0 Å². The van der Waals surface area contributed by atoms with Crippen LogP contribution >= 0.6 is 11.6 Å². The van der Waals surface area contributed by atoms with E-state index in [1.807, 2.05) is 31.2 Å². The van der Waals surface area contributed by atoms with Gasteiger partial charge in [-0.2, -0.15) is 0 Å². The molecule has 0 saturated carbocycles. The van der Waals surface area contributed by atoms with Gasteiger partial charge in [0.25, 0.3) is 5.91 Å². The maximum absolute atomic E-state index is 12.3. The van der Waals surface area contributed by atoms with Crippen LogP contribution in [0.25, 0.3) is 11.4 Å². The number of halogens is 1. The van der Waals surface area contributed by atoms with Gasteiger partial charge >= 0.3 is 0 Å². The summed E-state index contributed by atoms with van der Waals surface area (Å²) < 4.78 is 0. The average molecular weight is 467 g/mol. The Hall–Kier alpha value is -3.65. The van der Waals surface area contributed by atoms with E-state index in [9.17, 15) is 9.59 Å². The van der Waals surface area contributed by atoms with Crippen molar-refractivity contribution in [2.24, 2.45) is 0 Å². The molecule has 172 valence electrons. The number of hydrogen-bond acceptors (Lipinski definition) is 6. The van der Waals surface area contributed by atoms with Gasteiger partial charge in [-0.1, -0.05) is 29.3 Å². The SMILES string of the molecule is CC(=O)NCCNc1cc(NCCNC(=O)c2ccc(C)cc2)nc(-c2ccc(Cl)cc2)n1. The molecule has 33 heavy (non-hydrogen) atoms. The van der Waals surface area contributed by atoms with Gasteiger partial charge in [0.2, 0.25) is 5.91 Å². The Morgan fingerprint density at radius 3 is 1.97 bits per heavy atom. The lowest BCUT2D eigenvalue weighted by atomic mass is 10.1. The molecule has 0 atom stereocenters. The van der Waals surface area contributed by atoms with Gasteiger partial charge in [0.1, 0.15) is 11.6 Å². The molecule has 4 N–H and O–H groups in total. The summed E-state index contributed by atoms with van der Waals surface area (Å²) in [6, 6.07) is 16.5. The van der Waals surface area contributed by atoms with Crippen LogP contribution in [-0.2, 0) is 4.79 Å². The molecule has 0 unspecified atom stereocenters. The topological polar surface area (TPSA) is 108 Å². The number of aromatic nitrogens is 2. The minimum Gasteiger partial charge on any atom is -0.368 e. The van der Waals surface area contributed by atoms with E-state index in [0.29, 0.717) is 54.2 Å². The van der Waals surface area contributed by atoms with Crippen molar-refractivity contribution in [2.75, 3.05) is 36.8 Å². The normalized spacial score (nSPS) is 10.4. The minimum atomic E-state index is -0.123. The molecule has 2 amide bonds. The third-order valence-corrected chi connectivity index (χ3v) is 4.92. The Balaban J connectivity index is 1.63. The lowest BCUT2D eigenvalue weighted by Crippen LogP contribution is -2.29. The first-order chi connectivity index (χ1) is 15.9. The highest BCUT2D eigenvalue weighted by Gasteiger charge is 2.08. The molecular formula is C24H27ClN6O2. The van der Waals surface area contributed by atoms with E-state index in [-0.39, 0.29) is 11.8 Å². The maximum atomic E-state index is 12.3. The summed E-state index contributed by atoms with van der Waals surface area (Å²) in [5.41, 5.74) is 2.55. The molecule has 3 aromatic rings. The number of carbonyl (C=O) groups excluding carboxylic acids is 2. The number of nitrogens with zero attached hydrogens (tertiary/aromatic N) is 2. The molecule has 0 bridgehead atoms. The summed E-state index contributed by atoms with van der Waals surface area (Å²) in [6.07, 6.45) is 0. The van der Waals surface area contributed by atoms with Crippen LogP contribution in [0.1, 0.15) is 22.8 Å². The number of aryl methyl sites for hydroxylation is 1. The first kappa shape index (κ1) is 24.0. The molecule has 0 spiro atoms. The van der Waals surface area contributed by atoms with Crippen LogP contribution in [0.5, 0.6) is 0 Å². The zero-order valence-corrected chi connectivity index (χ0v) is 19.4. The van der Waals surface area contributed by atoms with E-state index in [4.69, 9.17) is 11.6 Å². The van der Waals surface area contributed by atoms with Gasteiger partial charge in [0.15, 0.2) is 5.82 Å². The molecule has 0 radical (unpaired) electrons. The summed E-state index contributed by atoms with van der Waals surface area (Å²) in [7, 11) is 0. The van der Waals surface area contributed by atoms with Crippen molar-refractivity contribution < 1.29 is 9.59 Å². The van der Waals surface area contributed by atoms with Crippen molar-refractivity contribution in [2.45, 2.75) is 13.8 Å². The van der Waals surface area contributed by atoms with Gasteiger partial charge in [-0.3, -0.25) is 9.59 Å². The fourth-order valence-electron chi connectivity index (χ4n) is 2.96. The molecule has 0 aliphatic carbocycles. The van der Waals surface area contributed by atoms with Crippen LogP contribution in [0.15, 0.2) is 54.6 Å². The second-order valence-electron chi connectivity index (χ2n) is 7.43. The van der Waals surface area contributed by atoms with E-state index < -0.39 is 0 Å². The lowest BCUT2D eigenvalue weighted by molar-refractivity contribution is -0.118. The van der Waals surface area contributed by atoms with E-state index in [2.05, 4.69) is 31.2 Å². The molecule has 0 saturated heterocycles. The minimum absolute atomic E-state index is 0.0867. The zero-order chi connectivity index (χ0) is 23.6. The molecule has 1 aromatic heterocycles. The van der Waals surface area contributed by atoms with Crippen molar-refractivity contribution in [3.8, 4) is 11.4 Å². The van der Waals surface area contributed by atoms with Crippen LogP contribution in [0.3, 0.4) is 0 Å². The zero-order valence-electron chi connectivity index (χ0n) is 18.6. The number of anilines is 2. The highest BCUT2D eigenvalue weighted by atomic mass is 35.5.